The zero-order valence-corrected chi connectivity index (χ0v) is 15.5. The summed E-state index contributed by atoms with van der Waals surface area (Å²) < 4.78 is 1.96. The van der Waals surface area contributed by atoms with E-state index in [2.05, 4.69) is 29.1 Å². The van der Waals surface area contributed by atoms with Gasteiger partial charge in [0.2, 0.25) is 0 Å². The third kappa shape index (κ3) is 3.65. The molecule has 2 fully saturated rings. The van der Waals surface area contributed by atoms with Crippen LogP contribution in [0.2, 0.25) is 0 Å². The SMILES string of the molecule is Cc1c(C(=O)N2CCCCCC2C(C)C)nnn1CC1CCCC1. The third-order valence-corrected chi connectivity index (χ3v) is 5.92. The topological polar surface area (TPSA) is 51.0 Å². The summed E-state index contributed by atoms with van der Waals surface area (Å²) in [5, 5.41) is 8.59. The lowest BCUT2D eigenvalue weighted by atomic mass is 9.98. The van der Waals surface area contributed by atoms with Gasteiger partial charge in [0.1, 0.15) is 0 Å². The molecule has 0 bridgehead atoms. The quantitative estimate of drug-likeness (QED) is 0.842. The predicted molar refractivity (Wildman–Crippen MR) is 94.8 cm³/mol. The van der Waals surface area contributed by atoms with Gasteiger partial charge in [-0.3, -0.25) is 4.79 Å². The van der Waals surface area contributed by atoms with Gasteiger partial charge >= 0.3 is 0 Å². The summed E-state index contributed by atoms with van der Waals surface area (Å²) in [5.41, 5.74) is 1.51. The number of carbonyl (C=O) groups is 1. The molecule has 0 aromatic carbocycles. The van der Waals surface area contributed by atoms with E-state index in [1.165, 1.54) is 38.5 Å². The Hall–Kier alpha value is -1.39. The minimum absolute atomic E-state index is 0.0887. The first-order chi connectivity index (χ1) is 11.6. The maximum Gasteiger partial charge on any atom is 0.276 e. The molecule has 134 valence electrons. The van der Waals surface area contributed by atoms with Crippen LogP contribution in [0.1, 0.15) is 81.4 Å². The van der Waals surface area contributed by atoms with Crippen molar-refractivity contribution in [3.63, 3.8) is 0 Å². The van der Waals surface area contributed by atoms with Gasteiger partial charge in [0, 0.05) is 19.1 Å². The fourth-order valence-electron chi connectivity index (χ4n) is 4.38. The molecule has 1 aromatic rings. The summed E-state index contributed by atoms with van der Waals surface area (Å²) in [6, 6.07) is 0.333. The molecule has 1 atom stereocenters. The molecule has 0 N–H and O–H groups in total. The van der Waals surface area contributed by atoms with Crippen LogP contribution in [0, 0.1) is 18.8 Å². The molecule has 2 heterocycles. The molecule has 1 saturated heterocycles. The molecule has 1 unspecified atom stereocenters. The van der Waals surface area contributed by atoms with Crippen molar-refractivity contribution < 1.29 is 4.79 Å². The van der Waals surface area contributed by atoms with Gasteiger partial charge in [-0.05, 0) is 44.4 Å². The molecule has 5 heteroatoms. The Balaban J connectivity index is 1.76. The van der Waals surface area contributed by atoms with Gasteiger partial charge in [-0.1, -0.05) is 44.7 Å². The number of hydrogen-bond acceptors (Lipinski definition) is 3. The first kappa shape index (κ1) is 17.4. The maximum absolute atomic E-state index is 13.1. The first-order valence-electron chi connectivity index (χ1n) is 9.79. The molecular formula is C19H32N4O. The average Bonchev–Trinajstić information content (AvgIpc) is 3.10. The molecule has 5 nitrogen and oxygen atoms in total. The zero-order chi connectivity index (χ0) is 17.1. The van der Waals surface area contributed by atoms with Gasteiger partial charge in [-0.15, -0.1) is 5.10 Å². The van der Waals surface area contributed by atoms with Crippen molar-refractivity contribution in [2.45, 2.75) is 84.7 Å². The minimum Gasteiger partial charge on any atom is -0.334 e. The first-order valence-corrected chi connectivity index (χ1v) is 9.79. The third-order valence-electron chi connectivity index (χ3n) is 5.92. The number of aromatic nitrogens is 3. The number of nitrogens with zero attached hydrogens (tertiary/aromatic N) is 4. The molecule has 0 spiro atoms. The number of rotatable bonds is 4. The Morgan fingerprint density at radius 2 is 1.83 bits per heavy atom. The van der Waals surface area contributed by atoms with E-state index >= 15 is 0 Å². The van der Waals surface area contributed by atoms with Crippen molar-refractivity contribution in [1.82, 2.24) is 19.9 Å². The molecule has 24 heavy (non-hydrogen) atoms. The van der Waals surface area contributed by atoms with E-state index in [0.717, 1.165) is 31.6 Å². The molecular weight excluding hydrogens is 300 g/mol. The minimum atomic E-state index is 0.0887. The van der Waals surface area contributed by atoms with Gasteiger partial charge in [0.25, 0.3) is 5.91 Å². The van der Waals surface area contributed by atoms with E-state index in [-0.39, 0.29) is 5.91 Å². The number of likely N-dealkylation sites (tertiary alicyclic amines) is 1. The van der Waals surface area contributed by atoms with Crippen LogP contribution in [0.4, 0.5) is 0 Å². The van der Waals surface area contributed by atoms with E-state index in [9.17, 15) is 4.79 Å². The fourth-order valence-corrected chi connectivity index (χ4v) is 4.38. The molecule has 1 aliphatic heterocycles. The van der Waals surface area contributed by atoms with Crippen LogP contribution in [-0.4, -0.2) is 38.4 Å². The van der Waals surface area contributed by atoms with Gasteiger partial charge in [0.05, 0.1) is 5.69 Å². The predicted octanol–water partition coefficient (Wildman–Crippen LogP) is 3.82. The second-order valence-corrected chi connectivity index (χ2v) is 8.02. The summed E-state index contributed by atoms with van der Waals surface area (Å²) in [6.45, 7) is 8.22. The smallest absolute Gasteiger partial charge is 0.276 e. The Labute approximate surface area is 145 Å². The van der Waals surface area contributed by atoms with Gasteiger partial charge in [-0.25, -0.2) is 4.68 Å². The van der Waals surface area contributed by atoms with Crippen LogP contribution in [0.15, 0.2) is 0 Å². The van der Waals surface area contributed by atoms with Crippen molar-refractivity contribution in [3.05, 3.63) is 11.4 Å². The lowest BCUT2D eigenvalue weighted by Gasteiger charge is -2.32. The summed E-state index contributed by atoms with van der Waals surface area (Å²) in [6.07, 6.45) is 9.87. The van der Waals surface area contributed by atoms with Crippen molar-refractivity contribution >= 4 is 5.91 Å². The van der Waals surface area contributed by atoms with Crippen LogP contribution in [0.5, 0.6) is 0 Å². The number of carbonyl (C=O) groups excluding carboxylic acids is 1. The van der Waals surface area contributed by atoms with E-state index < -0.39 is 0 Å². The molecule has 1 aliphatic carbocycles. The molecule has 1 amide bonds. The fraction of sp³-hybridized carbons (Fsp3) is 0.842. The second-order valence-electron chi connectivity index (χ2n) is 8.02. The van der Waals surface area contributed by atoms with Crippen molar-refractivity contribution in [2.75, 3.05) is 6.54 Å². The van der Waals surface area contributed by atoms with Crippen LogP contribution in [0.3, 0.4) is 0 Å². The van der Waals surface area contributed by atoms with Crippen molar-refractivity contribution in [3.8, 4) is 0 Å². The molecule has 1 aromatic heterocycles. The van der Waals surface area contributed by atoms with E-state index in [1.807, 2.05) is 11.6 Å². The number of hydrogen-bond donors (Lipinski definition) is 0. The summed E-state index contributed by atoms with van der Waals surface area (Å²) in [7, 11) is 0. The number of amides is 1. The monoisotopic (exact) mass is 332 g/mol. The normalized spacial score (nSPS) is 23.0. The Kier molecular flexibility index (Phi) is 5.57. The lowest BCUT2D eigenvalue weighted by Crippen LogP contribution is -2.43. The highest BCUT2D eigenvalue weighted by atomic mass is 16.2. The standard InChI is InChI=1S/C19H32N4O/c1-14(2)17-11-5-4-8-12-22(17)19(24)18-15(3)23(21-20-18)13-16-9-6-7-10-16/h14,16-17H,4-13H2,1-3H3. The van der Waals surface area contributed by atoms with Gasteiger partial charge in [0.15, 0.2) is 5.69 Å². The van der Waals surface area contributed by atoms with E-state index in [4.69, 9.17) is 0 Å². The average molecular weight is 332 g/mol. The zero-order valence-electron chi connectivity index (χ0n) is 15.5. The van der Waals surface area contributed by atoms with Gasteiger partial charge in [-0.2, -0.15) is 0 Å². The van der Waals surface area contributed by atoms with Crippen LogP contribution < -0.4 is 0 Å². The Bertz CT molecular complexity index is 560. The van der Waals surface area contributed by atoms with Crippen molar-refractivity contribution in [2.24, 2.45) is 11.8 Å². The second kappa shape index (κ2) is 7.66. The summed E-state index contributed by atoms with van der Waals surface area (Å²) in [5.74, 6) is 1.28. The Morgan fingerprint density at radius 3 is 2.54 bits per heavy atom. The van der Waals surface area contributed by atoms with E-state index in [1.54, 1.807) is 0 Å². The highest BCUT2D eigenvalue weighted by Crippen LogP contribution is 2.27. The molecule has 2 aliphatic rings. The van der Waals surface area contributed by atoms with Gasteiger partial charge < -0.3 is 4.90 Å². The van der Waals surface area contributed by atoms with Crippen LogP contribution in [-0.2, 0) is 6.54 Å². The van der Waals surface area contributed by atoms with E-state index in [0.29, 0.717) is 23.6 Å². The van der Waals surface area contributed by atoms with Crippen LogP contribution in [0.25, 0.3) is 0 Å². The van der Waals surface area contributed by atoms with Crippen molar-refractivity contribution in [1.29, 1.82) is 0 Å². The highest BCUT2D eigenvalue weighted by Gasteiger charge is 2.31. The lowest BCUT2D eigenvalue weighted by molar-refractivity contribution is 0.0625. The summed E-state index contributed by atoms with van der Waals surface area (Å²) >= 11 is 0. The van der Waals surface area contributed by atoms with Crippen LogP contribution >= 0.6 is 0 Å². The highest BCUT2D eigenvalue weighted by molar-refractivity contribution is 5.93. The molecule has 3 rings (SSSR count). The molecule has 1 saturated carbocycles. The summed E-state index contributed by atoms with van der Waals surface area (Å²) in [4.78, 5) is 15.2. The largest absolute Gasteiger partial charge is 0.334 e. The maximum atomic E-state index is 13.1. The molecule has 0 radical (unpaired) electrons. The Morgan fingerprint density at radius 1 is 1.12 bits per heavy atom.